The highest BCUT2D eigenvalue weighted by Gasteiger charge is 2.27. The predicted octanol–water partition coefficient (Wildman–Crippen LogP) is 5.50. The van der Waals surface area contributed by atoms with Gasteiger partial charge in [0, 0.05) is 22.6 Å². The van der Waals surface area contributed by atoms with E-state index in [1.54, 1.807) is 30.5 Å². The monoisotopic (exact) mass is 546 g/mol. The summed E-state index contributed by atoms with van der Waals surface area (Å²) in [5.41, 5.74) is 9.88. The Labute approximate surface area is 228 Å². The van der Waals surface area contributed by atoms with Crippen LogP contribution in [0.3, 0.4) is 0 Å². The van der Waals surface area contributed by atoms with Crippen LogP contribution in [0.2, 0.25) is 0 Å². The zero-order valence-electron chi connectivity index (χ0n) is 22.6. The fraction of sp³-hybridized carbons (Fsp3) is 0.200. The van der Waals surface area contributed by atoms with Gasteiger partial charge < -0.3 is 4.57 Å². The predicted molar refractivity (Wildman–Crippen MR) is 153 cm³/mol. The van der Waals surface area contributed by atoms with E-state index in [2.05, 4.69) is 47.1 Å². The average molecular weight is 547 g/mol. The maximum atomic E-state index is 13.4. The van der Waals surface area contributed by atoms with Gasteiger partial charge in [0.1, 0.15) is 12.4 Å². The number of amides is 1. The summed E-state index contributed by atoms with van der Waals surface area (Å²) in [6, 6.07) is 19.5. The number of halogens is 1. The Morgan fingerprint density at radius 3 is 2.21 bits per heavy atom. The summed E-state index contributed by atoms with van der Waals surface area (Å²) >= 11 is 0. The Balaban J connectivity index is 1.56. The number of hydrogen-bond acceptors (Lipinski definition) is 4. The molecule has 0 aliphatic carbocycles. The van der Waals surface area contributed by atoms with E-state index in [1.165, 1.54) is 17.7 Å². The van der Waals surface area contributed by atoms with E-state index in [1.807, 2.05) is 26.8 Å². The van der Waals surface area contributed by atoms with Gasteiger partial charge in [0.2, 0.25) is 0 Å². The summed E-state index contributed by atoms with van der Waals surface area (Å²) in [5.74, 6) is -1.18. The molecule has 1 heterocycles. The first-order chi connectivity index (χ1) is 18.5. The number of nitrogens with zero attached hydrogens (tertiary/aromatic N) is 3. The van der Waals surface area contributed by atoms with Gasteiger partial charge in [-0.05, 0) is 88.7 Å². The van der Waals surface area contributed by atoms with Gasteiger partial charge in [-0.1, -0.05) is 35.4 Å². The Hall–Kier alpha value is -4.24. The number of anilines is 1. The van der Waals surface area contributed by atoms with Crippen LogP contribution in [0.5, 0.6) is 0 Å². The van der Waals surface area contributed by atoms with Crippen molar-refractivity contribution >= 4 is 27.8 Å². The second kappa shape index (κ2) is 11.2. The van der Waals surface area contributed by atoms with Gasteiger partial charge in [-0.3, -0.25) is 9.10 Å². The number of aromatic nitrogens is 1. The molecule has 0 aliphatic rings. The third-order valence-electron chi connectivity index (χ3n) is 6.47. The number of rotatable bonds is 8. The van der Waals surface area contributed by atoms with Gasteiger partial charge in [0.15, 0.2) is 0 Å². The molecule has 0 spiro atoms. The first-order valence-electron chi connectivity index (χ1n) is 12.4. The molecule has 1 amide bonds. The minimum atomic E-state index is -4.15. The quantitative estimate of drug-likeness (QED) is 0.234. The van der Waals surface area contributed by atoms with Crippen LogP contribution in [0.1, 0.15) is 33.6 Å². The lowest BCUT2D eigenvalue weighted by atomic mass is 10.1. The van der Waals surface area contributed by atoms with Crippen molar-refractivity contribution in [2.75, 3.05) is 10.8 Å². The van der Waals surface area contributed by atoms with E-state index in [9.17, 15) is 17.6 Å². The molecule has 9 heteroatoms. The zero-order chi connectivity index (χ0) is 28.3. The molecule has 39 heavy (non-hydrogen) atoms. The number of benzene rings is 3. The lowest BCUT2D eigenvalue weighted by Gasteiger charge is -2.23. The van der Waals surface area contributed by atoms with Crippen LogP contribution in [-0.4, -0.2) is 31.7 Å². The number of sulfonamides is 1. The van der Waals surface area contributed by atoms with Crippen molar-refractivity contribution in [2.24, 2.45) is 5.10 Å². The summed E-state index contributed by atoms with van der Waals surface area (Å²) < 4.78 is 43.4. The van der Waals surface area contributed by atoms with Gasteiger partial charge in [0.05, 0.1) is 16.8 Å². The highest BCUT2D eigenvalue weighted by atomic mass is 32.2. The molecule has 3 aromatic carbocycles. The smallest absolute Gasteiger partial charge is 0.264 e. The summed E-state index contributed by atoms with van der Waals surface area (Å²) in [4.78, 5) is 12.7. The Kier molecular flexibility index (Phi) is 8.01. The Bertz CT molecular complexity index is 1640. The molecule has 7 nitrogen and oxygen atoms in total. The molecule has 0 fully saturated rings. The standard InChI is InChI=1S/C30H31FN4O3S/c1-20-6-11-27(12-7-20)34(39(37,38)28-13-9-26(31)10-14-28)19-30(36)33-32-18-25-17-23(4)35(24(25)5)29-15-8-21(2)16-22(29)3/h6-18H,19H2,1-5H3,(H,33,36)/b32-18+. The normalized spacial score (nSPS) is 11.6. The molecule has 1 N–H and O–H groups in total. The number of hydrazone groups is 1. The first kappa shape index (κ1) is 27.8. The van der Waals surface area contributed by atoms with Gasteiger partial charge in [-0.2, -0.15) is 5.10 Å². The maximum Gasteiger partial charge on any atom is 0.264 e. The number of aryl methyl sites for hydroxylation is 4. The van der Waals surface area contributed by atoms with Crippen molar-refractivity contribution in [1.29, 1.82) is 0 Å². The first-order valence-corrected chi connectivity index (χ1v) is 13.8. The van der Waals surface area contributed by atoms with Crippen molar-refractivity contribution in [3.63, 3.8) is 0 Å². The van der Waals surface area contributed by atoms with E-state index in [0.717, 1.165) is 50.2 Å². The highest BCUT2D eigenvalue weighted by Crippen LogP contribution is 2.25. The molecule has 202 valence electrons. The summed E-state index contributed by atoms with van der Waals surface area (Å²) in [5, 5.41) is 4.11. The molecule has 0 aliphatic heterocycles. The second-order valence-corrected chi connectivity index (χ2v) is 11.4. The van der Waals surface area contributed by atoms with Crippen molar-refractivity contribution in [3.05, 3.63) is 112 Å². The largest absolute Gasteiger partial charge is 0.318 e. The van der Waals surface area contributed by atoms with Crippen LogP contribution in [0.25, 0.3) is 5.69 Å². The number of carbonyl (C=O) groups excluding carboxylic acids is 1. The molecule has 4 aromatic rings. The van der Waals surface area contributed by atoms with Crippen molar-refractivity contribution in [3.8, 4) is 5.69 Å². The number of nitrogens with one attached hydrogen (secondary N) is 1. The van der Waals surface area contributed by atoms with Gasteiger partial charge in [-0.25, -0.2) is 18.2 Å². The molecule has 4 rings (SSSR count). The van der Waals surface area contributed by atoms with Crippen LogP contribution < -0.4 is 9.73 Å². The van der Waals surface area contributed by atoms with E-state index in [-0.39, 0.29) is 4.90 Å². The third-order valence-corrected chi connectivity index (χ3v) is 8.26. The summed E-state index contributed by atoms with van der Waals surface area (Å²) in [6.07, 6.45) is 1.55. The molecule has 0 unspecified atom stereocenters. The van der Waals surface area contributed by atoms with E-state index in [0.29, 0.717) is 5.69 Å². The Morgan fingerprint density at radius 1 is 0.923 bits per heavy atom. The topological polar surface area (TPSA) is 83.8 Å². The third kappa shape index (κ3) is 6.09. The molecule has 0 saturated heterocycles. The Morgan fingerprint density at radius 2 is 1.56 bits per heavy atom. The molecule has 0 radical (unpaired) electrons. The zero-order valence-corrected chi connectivity index (χ0v) is 23.4. The summed E-state index contributed by atoms with van der Waals surface area (Å²) in [6.45, 7) is 9.46. The van der Waals surface area contributed by atoms with Crippen molar-refractivity contribution in [1.82, 2.24) is 9.99 Å². The molecule has 0 atom stereocenters. The fourth-order valence-corrected chi connectivity index (χ4v) is 5.87. The lowest BCUT2D eigenvalue weighted by Crippen LogP contribution is -2.39. The van der Waals surface area contributed by atoms with Crippen LogP contribution in [0, 0.1) is 40.4 Å². The molecular formula is C30H31FN4O3S. The lowest BCUT2D eigenvalue weighted by molar-refractivity contribution is -0.119. The number of carbonyl (C=O) groups is 1. The molecule has 0 saturated carbocycles. The molecule has 1 aromatic heterocycles. The molecule has 0 bridgehead atoms. The number of hydrogen-bond donors (Lipinski definition) is 1. The van der Waals surface area contributed by atoms with Crippen molar-refractivity contribution < 1.29 is 17.6 Å². The SMILES string of the molecule is Cc1ccc(N(CC(=O)N/N=C/c2cc(C)n(-c3ccc(C)cc3C)c2C)S(=O)(=O)c2ccc(F)cc2)cc1. The average Bonchev–Trinajstić information content (AvgIpc) is 3.16. The van der Waals surface area contributed by atoms with Crippen LogP contribution in [-0.2, 0) is 14.8 Å². The van der Waals surface area contributed by atoms with Gasteiger partial charge in [-0.15, -0.1) is 0 Å². The molecular weight excluding hydrogens is 515 g/mol. The van der Waals surface area contributed by atoms with E-state index in [4.69, 9.17) is 0 Å². The fourth-order valence-electron chi connectivity index (χ4n) is 4.44. The highest BCUT2D eigenvalue weighted by molar-refractivity contribution is 7.92. The van der Waals surface area contributed by atoms with Crippen LogP contribution >= 0.6 is 0 Å². The minimum absolute atomic E-state index is 0.125. The van der Waals surface area contributed by atoms with Gasteiger partial charge >= 0.3 is 0 Å². The van der Waals surface area contributed by atoms with Crippen LogP contribution in [0.15, 0.2) is 82.8 Å². The van der Waals surface area contributed by atoms with Crippen LogP contribution in [0.4, 0.5) is 10.1 Å². The van der Waals surface area contributed by atoms with Gasteiger partial charge in [0.25, 0.3) is 15.9 Å². The maximum absolute atomic E-state index is 13.4. The second-order valence-electron chi connectivity index (χ2n) is 9.55. The van der Waals surface area contributed by atoms with E-state index >= 15 is 0 Å². The minimum Gasteiger partial charge on any atom is -0.318 e. The van der Waals surface area contributed by atoms with E-state index < -0.39 is 28.3 Å². The van der Waals surface area contributed by atoms with Crippen molar-refractivity contribution in [2.45, 2.75) is 39.5 Å². The summed E-state index contributed by atoms with van der Waals surface area (Å²) in [7, 11) is -4.15.